The van der Waals surface area contributed by atoms with E-state index in [4.69, 9.17) is 0 Å². The average molecular weight is 285 g/mol. The number of aryl methyl sites for hydroxylation is 1. The molecule has 0 atom stereocenters. The molecule has 0 fully saturated rings. The van der Waals surface area contributed by atoms with Crippen LogP contribution in [0, 0.1) is 12.7 Å². The van der Waals surface area contributed by atoms with E-state index in [-0.39, 0.29) is 18.1 Å². The number of nitrogens with one attached hydrogen (secondary N) is 1. The number of carbonyl (C=O) groups is 1. The second kappa shape index (κ2) is 5.28. The standard InChI is InChI=1S/C14H12FN5O/c1-9-7-10(4-5-11(9)15)14-17-19-20(18-14)8-13(21)12-3-2-6-16-12/h2-7,16H,8H2,1H3. The highest BCUT2D eigenvalue weighted by molar-refractivity contribution is 5.93. The van der Waals surface area contributed by atoms with E-state index in [0.717, 1.165) is 0 Å². The maximum absolute atomic E-state index is 13.2. The van der Waals surface area contributed by atoms with Crippen molar-refractivity contribution in [2.45, 2.75) is 13.5 Å². The van der Waals surface area contributed by atoms with Crippen LogP contribution < -0.4 is 0 Å². The van der Waals surface area contributed by atoms with Crippen molar-refractivity contribution in [3.05, 3.63) is 53.6 Å². The highest BCUT2D eigenvalue weighted by atomic mass is 19.1. The van der Waals surface area contributed by atoms with E-state index >= 15 is 0 Å². The fourth-order valence-electron chi connectivity index (χ4n) is 1.93. The van der Waals surface area contributed by atoms with Crippen molar-refractivity contribution >= 4 is 5.78 Å². The van der Waals surface area contributed by atoms with Crippen LogP contribution >= 0.6 is 0 Å². The molecule has 0 radical (unpaired) electrons. The van der Waals surface area contributed by atoms with Crippen molar-refractivity contribution in [3.63, 3.8) is 0 Å². The summed E-state index contributed by atoms with van der Waals surface area (Å²) in [6.07, 6.45) is 1.68. The molecule has 0 amide bonds. The van der Waals surface area contributed by atoms with E-state index in [0.29, 0.717) is 22.6 Å². The number of halogens is 1. The number of benzene rings is 1. The lowest BCUT2D eigenvalue weighted by molar-refractivity contribution is 0.0957. The molecule has 0 aliphatic heterocycles. The van der Waals surface area contributed by atoms with Crippen LogP contribution in [-0.2, 0) is 6.54 Å². The Hall–Kier alpha value is -2.83. The zero-order valence-electron chi connectivity index (χ0n) is 11.2. The van der Waals surface area contributed by atoms with Crippen LogP contribution in [0.4, 0.5) is 4.39 Å². The van der Waals surface area contributed by atoms with Gasteiger partial charge in [0.15, 0.2) is 0 Å². The van der Waals surface area contributed by atoms with Crippen molar-refractivity contribution in [3.8, 4) is 11.4 Å². The molecule has 1 aromatic carbocycles. The number of H-pyrrole nitrogens is 1. The summed E-state index contributed by atoms with van der Waals surface area (Å²) in [5.74, 6) is -0.0651. The van der Waals surface area contributed by atoms with Gasteiger partial charge < -0.3 is 4.98 Å². The summed E-state index contributed by atoms with van der Waals surface area (Å²) in [6.45, 7) is 1.66. The highest BCUT2D eigenvalue weighted by Crippen LogP contribution is 2.17. The molecule has 0 spiro atoms. The molecule has 0 unspecified atom stereocenters. The number of hydrogen-bond acceptors (Lipinski definition) is 4. The third kappa shape index (κ3) is 2.71. The van der Waals surface area contributed by atoms with Crippen molar-refractivity contribution < 1.29 is 9.18 Å². The van der Waals surface area contributed by atoms with Crippen LogP contribution in [0.2, 0.25) is 0 Å². The van der Waals surface area contributed by atoms with Crippen LogP contribution in [0.1, 0.15) is 16.1 Å². The second-order valence-electron chi connectivity index (χ2n) is 4.61. The summed E-state index contributed by atoms with van der Waals surface area (Å²) < 4.78 is 13.2. The van der Waals surface area contributed by atoms with E-state index in [1.165, 1.54) is 10.9 Å². The van der Waals surface area contributed by atoms with Gasteiger partial charge in [-0.2, -0.15) is 4.80 Å². The summed E-state index contributed by atoms with van der Waals surface area (Å²) in [5, 5.41) is 11.9. The van der Waals surface area contributed by atoms with Gasteiger partial charge in [0.05, 0.1) is 5.69 Å². The number of rotatable bonds is 4. The molecule has 7 heteroatoms. The zero-order valence-corrected chi connectivity index (χ0v) is 11.2. The van der Waals surface area contributed by atoms with E-state index in [9.17, 15) is 9.18 Å². The van der Waals surface area contributed by atoms with Crippen molar-refractivity contribution in [1.82, 2.24) is 25.2 Å². The summed E-state index contributed by atoms with van der Waals surface area (Å²) in [6, 6.07) is 8.01. The van der Waals surface area contributed by atoms with E-state index in [1.807, 2.05) is 0 Å². The number of aromatic nitrogens is 5. The Bertz CT molecular complexity index is 779. The Morgan fingerprint density at radius 3 is 2.95 bits per heavy atom. The van der Waals surface area contributed by atoms with Gasteiger partial charge in [-0.15, -0.1) is 10.2 Å². The summed E-state index contributed by atoms with van der Waals surface area (Å²) in [7, 11) is 0. The van der Waals surface area contributed by atoms with Crippen molar-refractivity contribution in [2.75, 3.05) is 0 Å². The van der Waals surface area contributed by atoms with E-state index in [1.54, 1.807) is 37.4 Å². The smallest absolute Gasteiger partial charge is 0.204 e. The SMILES string of the molecule is Cc1cc(-c2nnn(CC(=O)c3ccc[nH]3)n2)ccc1F. The highest BCUT2D eigenvalue weighted by Gasteiger charge is 2.12. The summed E-state index contributed by atoms with van der Waals surface area (Å²) in [4.78, 5) is 16.0. The molecule has 6 nitrogen and oxygen atoms in total. The van der Waals surface area contributed by atoms with Crippen LogP contribution in [0.5, 0.6) is 0 Å². The fraction of sp³-hybridized carbons (Fsp3) is 0.143. The molecule has 3 aromatic rings. The molecule has 1 N–H and O–H groups in total. The molecule has 0 saturated carbocycles. The Morgan fingerprint density at radius 2 is 2.24 bits per heavy atom. The Balaban J connectivity index is 1.80. The molecule has 3 rings (SSSR count). The Morgan fingerprint density at radius 1 is 1.38 bits per heavy atom. The predicted octanol–water partition coefficient (Wildman–Crippen LogP) is 2.00. The number of Topliss-reactive ketones (excluding diaryl/α,β-unsaturated/α-hetero) is 1. The van der Waals surface area contributed by atoms with Gasteiger partial charge in [-0.3, -0.25) is 4.79 Å². The molecular formula is C14H12FN5O. The number of aromatic amines is 1. The lowest BCUT2D eigenvalue weighted by atomic mass is 10.1. The second-order valence-corrected chi connectivity index (χ2v) is 4.61. The maximum atomic E-state index is 13.2. The van der Waals surface area contributed by atoms with E-state index in [2.05, 4.69) is 20.4 Å². The summed E-state index contributed by atoms with van der Waals surface area (Å²) in [5.41, 5.74) is 1.66. The predicted molar refractivity (Wildman–Crippen MR) is 73.1 cm³/mol. The zero-order chi connectivity index (χ0) is 14.8. The van der Waals surface area contributed by atoms with Gasteiger partial charge >= 0.3 is 0 Å². The molecular weight excluding hydrogens is 273 g/mol. The van der Waals surface area contributed by atoms with Gasteiger partial charge in [0.1, 0.15) is 12.4 Å². The molecule has 0 aliphatic carbocycles. The first-order valence-corrected chi connectivity index (χ1v) is 6.34. The number of nitrogens with zero attached hydrogens (tertiary/aromatic N) is 4. The molecule has 0 saturated heterocycles. The minimum absolute atomic E-state index is 0.00626. The lowest BCUT2D eigenvalue weighted by Crippen LogP contribution is -2.13. The normalized spacial score (nSPS) is 10.8. The third-order valence-corrected chi connectivity index (χ3v) is 3.05. The number of carbonyl (C=O) groups excluding carboxylic acids is 1. The first-order valence-electron chi connectivity index (χ1n) is 6.34. The van der Waals surface area contributed by atoms with Crippen molar-refractivity contribution in [2.24, 2.45) is 0 Å². The Labute approximate surface area is 119 Å². The topological polar surface area (TPSA) is 76.5 Å². The molecule has 2 heterocycles. The monoisotopic (exact) mass is 285 g/mol. The van der Waals surface area contributed by atoms with Crippen LogP contribution in [0.25, 0.3) is 11.4 Å². The minimum Gasteiger partial charge on any atom is -0.359 e. The van der Waals surface area contributed by atoms with Crippen molar-refractivity contribution in [1.29, 1.82) is 0 Å². The van der Waals surface area contributed by atoms with Gasteiger partial charge in [0, 0.05) is 11.8 Å². The van der Waals surface area contributed by atoms with Gasteiger partial charge in [0.2, 0.25) is 11.6 Å². The van der Waals surface area contributed by atoms with E-state index < -0.39 is 0 Å². The van der Waals surface area contributed by atoms with Gasteiger partial charge in [0.25, 0.3) is 0 Å². The fourth-order valence-corrected chi connectivity index (χ4v) is 1.93. The Kier molecular flexibility index (Phi) is 3.31. The first-order chi connectivity index (χ1) is 10.1. The van der Waals surface area contributed by atoms with Crippen LogP contribution in [0.3, 0.4) is 0 Å². The summed E-state index contributed by atoms with van der Waals surface area (Å²) >= 11 is 0. The molecule has 0 aliphatic rings. The first kappa shape index (κ1) is 13.2. The quantitative estimate of drug-likeness (QED) is 0.744. The van der Waals surface area contributed by atoms with Crippen LogP contribution in [0.15, 0.2) is 36.5 Å². The van der Waals surface area contributed by atoms with Gasteiger partial charge in [-0.25, -0.2) is 4.39 Å². The molecule has 21 heavy (non-hydrogen) atoms. The van der Waals surface area contributed by atoms with Crippen LogP contribution in [-0.4, -0.2) is 31.0 Å². The molecule has 0 bridgehead atoms. The number of hydrogen-bond donors (Lipinski definition) is 1. The third-order valence-electron chi connectivity index (χ3n) is 3.05. The number of tetrazole rings is 1. The minimum atomic E-state index is -0.284. The lowest BCUT2D eigenvalue weighted by Gasteiger charge is -1.98. The largest absolute Gasteiger partial charge is 0.359 e. The molecule has 106 valence electrons. The maximum Gasteiger partial charge on any atom is 0.204 e. The molecule has 2 aromatic heterocycles. The average Bonchev–Trinajstić information content (AvgIpc) is 3.12. The van der Waals surface area contributed by atoms with Gasteiger partial charge in [-0.1, -0.05) is 0 Å². The van der Waals surface area contributed by atoms with Gasteiger partial charge in [-0.05, 0) is 48.0 Å². The number of ketones is 1.